The lowest BCUT2D eigenvalue weighted by Crippen LogP contribution is -2.34. The van der Waals surface area contributed by atoms with E-state index in [-0.39, 0.29) is 0 Å². The number of hydrogen-bond donors (Lipinski definition) is 1. The molecular weight excluding hydrogens is 222 g/mol. The van der Waals surface area contributed by atoms with Crippen LogP contribution in [0.15, 0.2) is 66.9 Å². The summed E-state index contributed by atoms with van der Waals surface area (Å²) in [7, 11) is 0. The maximum Gasteiger partial charge on any atom is 0.213 e. The first-order chi connectivity index (χ1) is 8.83. The van der Waals surface area contributed by atoms with Crippen LogP contribution in [0, 0.1) is 0 Å². The van der Waals surface area contributed by atoms with Crippen molar-refractivity contribution in [3.05, 3.63) is 72.4 Å². The minimum absolute atomic E-state index is 0.296. The van der Waals surface area contributed by atoms with E-state index >= 15 is 0 Å². The maximum absolute atomic E-state index is 9.77. The zero-order valence-electron chi connectivity index (χ0n) is 9.95. The summed E-state index contributed by atoms with van der Waals surface area (Å²) in [6.45, 7) is 0.760. The zero-order valence-corrected chi connectivity index (χ0v) is 9.95. The Kier molecular flexibility index (Phi) is 2.69. The van der Waals surface area contributed by atoms with Gasteiger partial charge in [-0.1, -0.05) is 42.5 Å². The molecule has 3 rings (SSSR count). The molecule has 0 atom stereocenters. The van der Waals surface area contributed by atoms with Gasteiger partial charge in [0.15, 0.2) is 12.3 Å². The summed E-state index contributed by atoms with van der Waals surface area (Å²) in [6.07, 6.45) is 1.77. The highest BCUT2D eigenvalue weighted by Crippen LogP contribution is 2.15. The van der Waals surface area contributed by atoms with Crippen molar-refractivity contribution in [3.8, 4) is 5.75 Å². The minimum atomic E-state index is 0.296. The van der Waals surface area contributed by atoms with Crippen LogP contribution in [0.25, 0.3) is 10.9 Å². The second-order valence-electron chi connectivity index (χ2n) is 4.37. The molecule has 0 unspecified atom stereocenters. The van der Waals surface area contributed by atoms with Crippen LogP contribution in [-0.2, 0) is 6.54 Å². The molecular formula is C16H14NO+. The van der Waals surface area contributed by atoms with E-state index in [0.717, 1.165) is 17.4 Å². The van der Waals surface area contributed by atoms with Crippen LogP contribution >= 0.6 is 0 Å². The fraction of sp³-hybridized carbons (Fsp3) is 0.0625. The van der Waals surface area contributed by atoms with Gasteiger partial charge in [0, 0.05) is 11.6 Å². The van der Waals surface area contributed by atoms with Gasteiger partial charge in [-0.3, -0.25) is 0 Å². The summed E-state index contributed by atoms with van der Waals surface area (Å²) >= 11 is 0. The van der Waals surface area contributed by atoms with Crippen LogP contribution in [0.1, 0.15) is 5.56 Å². The first-order valence-electron chi connectivity index (χ1n) is 5.98. The Morgan fingerprint density at radius 2 is 1.61 bits per heavy atom. The van der Waals surface area contributed by atoms with E-state index in [1.165, 1.54) is 5.56 Å². The van der Waals surface area contributed by atoms with Gasteiger partial charge in [-0.05, 0) is 12.1 Å². The molecule has 2 nitrogen and oxygen atoms in total. The molecule has 1 N–H and O–H groups in total. The lowest BCUT2D eigenvalue weighted by atomic mass is 10.2. The summed E-state index contributed by atoms with van der Waals surface area (Å²) in [4.78, 5) is 0. The average molecular weight is 236 g/mol. The summed E-state index contributed by atoms with van der Waals surface area (Å²) < 4.78 is 2.07. The Bertz CT molecular complexity index is 677. The Morgan fingerprint density at radius 3 is 2.44 bits per heavy atom. The molecule has 3 aromatic rings. The van der Waals surface area contributed by atoms with Crippen molar-refractivity contribution in [2.24, 2.45) is 0 Å². The van der Waals surface area contributed by atoms with Gasteiger partial charge < -0.3 is 5.11 Å². The first kappa shape index (κ1) is 10.8. The lowest BCUT2D eigenvalue weighted by molar-refractivity contribution is -0.662. The molecule has 0 spiro atoms. The molecule has 18 heavy (non-hydrogen) atoms. The predicted molar refractivity (Wildman–Crippen MR) is 71.4 cm³/mol. The van der Waals surface area contributed by atoms with Gasteiger partial charge in [0.2, 0.25) is 11.7 Å². The third kappa shape index (κ3) is 2.05. The van der Waals surface area contributed by atoms with E-state index in [1.807, 2.05) is 36.4 Å². The van der Waals surface area contributed by atoms with Crippen LogP contribution in [0.2, 0.25) is 0 Å². The largest absolute Gasteiger partial charge is 0.503 e. The van der Waals surface area contributed by atoms with Crippen molar-refractivity contribution in [1.82, 2.24) is 0 Å². The van der Waals surface area contributed by atoms with Crippen molar-refractivity contribution >= 4 is 10.9 Å². The molecule has 0 radical (unpaired) electrons. The molecule has 0 aliphatic rings. The normalized spacial score (nSPS) is 10.7. The van der Waals surface area contributed by atoms with Crippen LogP contribution < -0.4 is 4.57 Å². The second-order valence-corrected chi connectivity index (χ2v) is 4.37. The Hall–Kier alpha value is -2.35. The number of aromatic nitrogens is 1. The van der Waals surface area contributed by atoms with E-state index in [1.54, 1.807) is 12.3 Å². The molecule has 88 valence electrons. The second kappa shape index (κ2) is 4.49. The van der Waals surface area contributed by atoms with Gasteiger partial charge in [0.25, 0.3) is 0 Å². The van der Waals surface area contributed by atoms with Crippen molar-refractivity contribution in [2.45, 2.75) is 6.54 Å². The number of hydrogen-bond acceptors (Lipinski definition) is 1. The maximum atomic E-state index is 9.77. The van der Waals surface area contributed by atoms with E-state index in [0.29, 0.717) is 5.75 Å². The van der Waals surface area contributed by atoms with Crippen LogP contribution in [0.5, 0.6) is 5.75 Å². The van der Waals surface area contributed by atoms with Crippen LogP contribution in [0.3, 0.4) is 0 Å². The summed E-state index contributed by atoms with van der Waals surface area (Å²) in [6, 6.07) is 20.1. The quantitative estimate of drug-likeness (QED) is 0.680. The molecule has 0 saturated heterocycles. The first-order valence-corrected chi connectivity index (χ1v) is 5.98. The SMILES string of the molecule is Oc1cc2ccccc2[n+](Cc2ccccc2)c1. The number of benzene rings is 2. The molecule has 1 aromatic heterocycles. The number of nitrogens with zero attached hydrogens (tertiary/aromatic N) is 1. The number of fused-ring (bicyclic) bond motifs is 1. The number of rotatable bonds is 2. The van der Waals surface area contributed by atoms with Crippen LogP contribution in [-0.4, -0.2) is 5.11 Å². The fourth-order valence-electron chi connectivity index (χ4n) is 2.21. The molecule has 1 heterocycles. The smallest absolute Gasteiger partial charge is 0.213 e. The fourth-order valence-corrected chi connectivity index (χ4v) is 2.21. The van der Waals surface area contributed by atoms with Gasteiger partial charge >= 0.3 is 0 Å². The number of para-hydroxylation sites is 1. The predicted octanol–water partition coefficient (Wildman–Crippen LogP) is 2.88. The summed E-state index contributed by atoms with van der Waals surface area (Å²) in [5, 5.41) is 10.8. The molecule has 0 aliphatic heterocycles. The number of aromatic hydroxyl groups is 1. The van der Waals surface area contributed by atoms with Crippen LogP contribution in [0.4, 0.5) is 0 Å². The summed E-state index contributed by atoms with van der Waals surface area (Å²) in [5.74, 6) is 0.296. The molecule has 0 amide bonds. The van der Waals surface area contributed by atoms with Crippen molar-refractivity contribution in [1.29, 1.82) is 0 Å². The standard InChI is InChI=1S/C16H13NO/c18-15-10-14-8-4-5-9-16(14)17(12-15)11-13-6-2-1-3-7-13/h1-10,12H,11H2/p+1. The Balaban J connectivity index is 2.11. The third-order valence-electron chi connectivity index (χ3n) is 3.03. The Morgan fingerprint density at radius 1 is 0.889 bits per heavy atom. The summed E-state index contributed by atoms with van der Waals surface area (Å²) in [5.41, 5.74) is 2.34. The van der Waals surface area contributed by atoms with Gasteiger partial charge in [-0.25, -0.2) is 0 Å². The van der Waals surface area contributed by atoms with E-state index in [4.69, 9.17) is 0 Å². The lowest BCUT2D eigenvalue weighted by Gasteiger charge is -2.02. The monoisotopic (exact) mass is 236 g/mol. The highest BCUT2D eigenvalue weighted by molar-refractivity contribution is 5.76. The molecule has 0 saturated carbocycles. The van der Waals surface area contributed by atoms with Crippen molar-refractivity contribution in [2.75, 3.05) is 0 Å². The highest BCUT2D eigenvalue weighted by Gasteiger charge is 2.11. The van der Waals surface area contributed by atoms with Crippen molar-refractivity contribution < 1.29 is 9.67 Å². The van der Waals surface area contributed by atoms with E-state index in [2.05, 4.69) is 22.8 Å². The highest BCUT2D eigenvalue weighted by atomic mass is 16.3. The van der Waals surface area contributed by atoms with Gasteiger partial charge in [0.1, 0.15) is 0 Å². The molecule has 0 fully saturated rings. The average Bonchev–Trinajstić information content (AvgIpc) is 2.40. The van der Waals surface area contributed by atoms with Gasteiger partial charge in [-0.2, -0.15) is 4.57 Å². The molecule has 2 heteroatoms. The van der Waals surface area contributed by atoms with Gasteiger partial charge in [-0.15, -0.1) is 0 Å². The molecule has 0 aliphatic carbocycles. The van der Waals surface area contributed by atoms with E-state index < -0.39 is 0 Å². The van der Waals surface area contributed by atoms with E-state index in [9.17, 15) is 5.11 Å². The minimum Gasteiger partial charge on any atom is -0.503 e. The third-order valence-corrected chi connectivity index (χ3v) is 3.03. The molecule has 0 bridgehead atoms. The topological polar surface area (TPSA) is 24.1 Å². The Labute approximate surface area is 106 Å². The van der Waals surface area contributed by atoms with Crippen molar-refractivity contribution in [3.63, 3.8) is 0 Å². The molecule has 2 aromatic carbocycles. The van der Waals surface area contributed by atoms with Gasteiger partial charge in [0.05, 0.1) is 5.39 Å². The zero-order chi connectivity index (χ0) is 12.4. The number of pyridine rings is 1.